The zero-order chi connectivity index (χ0) is 44.4. The molecule has 1 N–H and O–H groups in total. The molecule has 0 amide bonds. The van der Waals surface area contributed by atoms with Crippen molar-refractivity contribution in [3.63, 3.8) is 0 Å². The van der Waals surface area contributed by atoms with Crippen LogP contribution in [-0.4, -0.2) is 66.6 Å². The van der Waals surface area contributed by atoms with Gasteiger partial charge in [-0.15, -0.1) is 5.54 Å². The molecule has 0 aliphatic carbocycles. The van der Waals surface area contributed by atoms with Crippen LogP contribution in [0.5, 0.6) is 5.75 Å². The number of hydrogen-bond acceptors (Lipinski definition) is 10. The molecular formula is C46H58FN5O6SSi2. The summed E-state index contributed by atoms with van der Waals surface area (Å²) in [5, 5.41) is 5.49. The smallest absolute Gasteiger partial charge is 0.349 e. The molecule has 324 valence electrons. The monoisotopic (exact) mass is 883 g/mol. The number of nitrogens with one attached hydrogen (secondary N) is 1. The molecule has 0 radical (unpaired) electrons. The van der Waals surface area contributed by atoms with Gasteiger partial charge in [0.05, 0.1) is 21.9 Å². The van der Waals surface area contributed by atoms with Gasteiger partial charge in [0.25, 0.3) is 0 Å². The van der Waals surface area contributed by atoms with Crippen LogP contribution in [0.2, 0.25) is 42.3 Å². The summed E-state index contributed by atoms with van der Waals surface area (Å²) in [6.45, 7) is 23.2. The molecule has 11 nitrogen and oxygen atoms in total. The van der Waals surface area contributed by atoms with E-state index in [9.17, 15) is 9.00 Å². The second-order valence-electron chi connectivity index (χ2n) is 17.8. The zero-order valence-corrected chi connectivity index (χ0v) is 40.2. The maximum absolute atomic E-state index is 16.3. The van der Waals surface area contributed by atoms with Crippen molar-refractivity contribution in [1.29, 1.82) is 0 Å². The summed E-state index contributed by atoms with van der Waals surface area (Å²) in [6, 6.07) is 11.5. The maximum Gasteiger partial charge on any atom is 0.349 e. The Bertz CT molecular complexity index is 2710. The number of anilines is 1. The Kier molecular flexibility index (Phi) is 14.0. The van der Waals surface area contributed by atoms with E-state index in [1.54, 1.807) is 31.3 Å². The van der Waals surface area contributed by atoms with E-state index in [4.69, 9.17) is 18.6 Å². The lowest BCUT2D eigenvalue weighted by Crippen LogP contribution is -2.43. The molecule has 2 aromatic carbocycles. The van der Waals surface area contributed by atoms with Crippen molar-refractivity contribution in [3.8, 4) is 28.5 Å². The topological polar surface area (TPSA) is 131 Å². The van der Waals surface area contributed by atoms with Gasteiger partial charge in [-0.05, 0) is 70.9 Å². The zero-order valence-electron chi connectivity index (χ0n) is 37.4. The second-order valence-corrected chi connectivity index (χ2v) is 30.2. The summed E-state index contributed by atoms with van der Waals surface area (Å²) in [4.78, 5) is 28.2. The fraction of sp³-hybridized carbons (Fsp3) is 0.435. The molecule has 6 rings (SSSR count). The summed E-state index contributed by atoms with van der Waals surface area (Å²) in [5.74, 6) is 3.61. The van der Waals surface area contributed by atoms with Crippen LogP contribution in [0.3, 0.4) is 0 Å². The Hall–Kier alpha value is -4.73. The van der Waals surface area contributed by atoms with E-state index in [1.807, 2.05) is 22.9 Å². The minimum absolute atomic E-state index is 0.0338. The number of rotatable bonds is 16. The van der Waals surface area contributed by atoms with Crippen molar-refractivity contribution in [1.82, 2.24) is 19.5 Å². The van der Waals surface area contributed by atoms with Crippen LogP contribution in [0.1, 0.15) is 58.2 Å². The quantitative estimate of drug-likeness (QED) is 0.0330. The molecule has 0 bridgehead atoms. The van der Waals surface area contributed by atoms with Crippen molar-refractivity contribution in [2.45, 2.75) is 109 Å². The molecule has 0 spiro atoms. The van der Waals surface area contributed by atoms with Gasteiger partial charge in [-0.2, -0.15) is 0 Å². The van der Waals surface area contributed by atoms with E-state index in [0.717, 1.165) is 22.6 Å². The molecule has 0 saturated carbocycles. The lowest BCUT2D eigenvalue weighted by molar-refractivity contribution is 0.0512. The number of halogens is 1. The van der Waals surface area contributed by atoms with Gasteiger partial charge < -0.3 is 28.5 Å². The molecular weight excluding hydrogens is 826 g/mol. The first-order valence-corrected chi connectivity index (χ1v) is 28.2. The van der Waals surface area contributed by atoms with Crippen LogP contribution in [0.15, 0.2) is 63.2 Å². The molecule has 0 aliphatic rings. The molecule has 0 saturated heterocycles. The minimum atomic E-state index is -2.29. The first-order chi connectivity index (χ1) is 28.9. The fourth-order valence-electron chi connectivity index (χ4n) is 8.43. The minimum Gasteiger partial charge on any atom is -0.468 e. The number of methoxy groups -OCH3 is 1. The van der Waals surface area contributed by atoms with E-state index in [0.29, 0.717) is 57.6 Å². The van der Waals surface area contributed by atoms with Crippen molar-refractivity contribution in [2.75, 3.05) is 32.1 Å². The van der Waals surface area contributed by atoms with Crippen molar-refractivity contribution in [3.05, 3.63) is 81.7 Å². The number of fused-ring (bicyclic) bond motifs is 3. The Balaban J connectivity index is 1.52. The number of hydrogen-bond donors (Lipinski definition) is 1. The highest BCUT2D eigenvalue weighted by Crippen LogP contribution is 2.42. The van der Waals surface area contributed by atoms with E-state index < -0.39 is 38.4 Å². The van der Waals surface area contributed by atoms with Crippen LogP contribution in [0.25, 0.3) is 44.0 Å². The molecule has 0 fully saturated rings. The summed E-state index contributed by atoms with van der Waals surface area (Å²) < 4.78 is 54.8. The van der Waals surface area contributed by atoms with Crippen molar-refractivity contribution >= 4 is 65.5 Å². The van der Waals surface area contributed by atoms with Gasteiger partial charge in [0, 0.05) is 68.9 Å². The van der Waals surface area contributed by atoms with Crippen LogP contribution in [0.4, 0.5) is 10.2 Å². The highest BCUT2D eigenvalue weighted by atomic mass is 32.2. The van der Waals surface area contributed by atoms with Gasteiger partial charge >= 0.3 is 5.63 Å². The first kappa shape index (κ1) is 45.8. The molecule has 6 aromatic rings. The van der Waals surface area contributed by atoms with Crippen LogP contribution >= 0.6 is 0 Å². The summed E-state index contributed by atoms with van der Waals surface area (Å²) in [6.07, 6.45) is 5.21. The number of aromatic nitrogens is 4. The van der Waals surface area contributed by atoms with Gasteiger partial charge in [-0.25, -0.2) is 24.1 Å². The Morgan fingerprint density at radius 1 is 1.02 bits per heavy atom. The largest absolute Gasteiger partial charge is 0.468 e. The Morgan fingerprint density at radius 2 is 1.74 bits per heavy atom. The number of pyridine rings is 1. The van der Waals surface area contributed by atoms with Crippen LogP contribution in [0, 0.1) is 24.2 Å². The molecule has 4 heterocycles. The summed E-state index contributed by atoms with van der Waals surface area (Å²) in [7, 11) is -3.65. The fourth-order valence-corrected chi connectivity index (χ4v) is 14.8. The van der Waals surface area contributed by atoms with Crippen molar-refractivity contribution in [2.24, 2.45) is 0 Å². The molecule has 4 aromatic heterocycles. The average Bonchev–Trinajstić information content (AvgIpc) is 3.55. The lowest BCUT2D eigenvalue weighted by atomic mass is 9.95. The normalized spacial score (nSPS) is 12.9. The van der Waals surface area contributed by atoms with E-state index in [1.165, 1.54) is 19.4 Å². The van der Waals surface area contributed by atoms with Crippen LogP contribution in [-0.2, 0) is 33.5 Å². The average molecular weight is 884 g/mol. The van der Waals surface area contributed by atoms with Gasteiger partial charge in [0.1, 0.15) is 49.0 Å². The van der Waals surface area contributed by atoms with Crippen molar-refractivity contribution < 1.29 is 27.2 Å². The Labute approximate surface area is 362 Å². The SMILES string of the molecule is COCOc1cc(-c2oc(=O)c3c(NCc4cn(COCC[Si](C)(C)C)c5ncccc45)nc(S(C)=O)nc3c2C)c2c(C#C[Si](C(C)C)(C(C)C)C(C)C)c(F)ccc2c1. The Morgan fingerprint density at radius 3 is 2.39 bits per heavy atom. The highest BCUT2D eigenvalue weighted by Gasteiger charge is 2.42. The molecule has 15 heteroatoms. The number of ether oxygens (including phenoxy) is 3. The highest BCUT2D eigenvalue weighted by molar-refractivity contribution is 7.84. The third-order valence-corrected chi connectivity index (χ3v) is 20.2. The predicted molar refractivity (Wildman–Crippen MR) is 250 cm³/mol. The van der Waals surface area contributed by atoms with Gasteiger partial charge in [-0.3, -0.25) is 4.21 Å². The predicted octanol–water partition coefficient (Wildman–Crippen LogP) is 10.4. The van der Waals surface area contributed by atoms with Gasteiger partial charge in [0.2, 0.25) is 5.16 Å². The number of nitrogens with zero attached hydrogens (tertiary/aromatic N) is 4. The molecule has 61 heavy (non-hydrogen) atoms. The first-order valence-electron chi connectivity index (χ1n) is 20.7. The third-order valence-electron chi connectivity index (χ3n) is 11.5. The molecule has 0 aliphatic heterocycles. The second kappa shape index (κ2) is 18.7. The van der Waals surface area contributed by atoms with Gasteiger partial charge in [-0.1, -0.05) is 73.2 Å². The number of aryl methyl sites for hydroxylation is 1. The van der Waals surface area contributed by atoms with Crippen LogP contribution < -0.4 is 15.7 Å². The summed E-state index contributed by atoms with van der Waals surface area (Å²) in [5.41, 5.74) is 6.91. The maximum atomic E-state index is 16.3. The number of benzene rings is 2. The van der Waals surface area contributed by atoms with Gasteiger partial charge in [0.15, 0.2) is 6.79 Å². The lowest BCUT2D eigenvalue weighted by Gasteiger charge is -2.38. The standard InChI is InChI=1S/C46H58FN5O6SSi2/c1-28(2)61(29(3)4,30(5)6)20-17-36-38(47)16-15-32-22-34(57-27-55-8)23-37(39(32)36)42-31(7)41-40(45(53)58-42)43(51-46(50-41)59(9)54)49-24-33-25-52(26-56-19-21-60(10,11)12)44-35(33)14-13-18-48-44/h13-16,18,22-23,25,28-30H,19,21,24,26-27H2,1-12H3,(H,49,50,51). The van der Waals surface area contributed by atoms with E-state index in [-0.39, 0.29) is 46.5 Å². The molecule has 1 unspecified atom stereocenters. The summed E-state index contributed by atoms with van der Waals surface area (Å²) >= 11 is 0. The van der Waals surface area contributed by atoms with E-state index in [2.05, 4.69) is 92.9 Å². The molecule has 1 atom stereocenters. The third kappa shape index (κ3) is 9.53. The van der Waals surface area contributed by atoms with E-state index >= 15 is 4.39 Å².